The Morgan fingerprint density at radius 2 is 1.06 bits per heavy atom. The first kappa shape index (κ1) is 41.4. The Kier molecular flexibility index (Phi) is 13.6. The van der Waals surface area contributed by atoms with Crippen molar-refractivity contribution < 1.29 is 57.9 Å². The molecule has 0 saturated carbocycles. The Morgan fingerprint density at radius 1 is 0.723 bits per heavy atom. The number of halogens is 6. The molecule has 47 heavy (non-hydrogen) atoms. The number of hydrogen-bond donors (Lipinski definition) is 3. The van der Waals surface area contributed by atoms with Crippen LogP contribution in [-0.2, 0) is 44.9 Å². The summed E-state index contributed by atoms with van der Waals surface area (Å²) in [5.74, 6) is -3.18. The third-order valence-electron chi connectivity index (χ3n) is 7.30. The minimum absolute atomic E-state index is 0.0578. The maximum Gasteiger partial charge on any atom is 0.417 e. The predicted molar refractivity (Wildman–Crippen MR) is 163 cm³/mol. The minimum Gasteiger partial charge on any atom is -0.478 e. The van der Waals surface area contributed by atoms with E-state index in [2.05, 4.69) is 4.99 Å². The second-order valence-electron chi connectivity index (χ2n) is 10.4. The van der Waals surface area contributed by atoms with Gasteiger partial charge in [-0.25, -0.2) is 21.6 Å². The summed E-state index contributed by atoms with van der Waals surface area (Å²) >= 11 is 0. The van der Waals surface area contributed by atoms with Crippen LogP contribution in [0.1, 0.15) is 97.4 Å². The number of amides is 1. The quantitative estimate of drug-likeness (QED) is 0.155. The van der Waals surface area contributed by atoms with E-state index in [4.69, 9.17) is 16.6 Å². The van der Waals surface area contributed by atoms with Gasteiger partial charge < -0.3 is 16.6 Å². The number of rotatable bonds is 10. The van der Waals surface area contributed by atoms with Gasteiger partial charge in [0.05, 0.1) is 37.0 Å². The fourth-order valence-corrected chi connectivity index (χ4v) is 7.51. The van der Waals surface area contributed by atoms with Crippen molar-refractivity contribution in [3.63, 3.8) is 0 Å². The molecule has 2 atom stereocenters. The van der Waals surface area contributed by atoms with Crippen molar-refractivity contribution in [2.24, 2.45) is 16.5 Å². The van der Waals surface area contributed by atoms with E-state index in [1.54, 1.807) is 27.7 Å². The van der Waals surface area contributed by atoms with Gasteiger partial charge in [-0.1, -0.05) is 27.7 Å². The third kappa shape index (κ3) is 9.68. The predicted octanol–water partition coefficient (Wildman–Crippen LogP) is 5.79. The monoisotopic (exact) mass is 717 g/mol. The number of hydrogen-bond acceptors (Lipinski definition) is 6. The van der Waals surface area contributed by atoms with E-state index < -0.39 is 86.8 Å². The van der Waals surface area contributed by atoms with Gasteiger partial charge >= 0.3 is 18.3 Å². The van der Waals surface area contributed by atoms with Gasteiger partial charge in [0.15, 0.2) is 25.6 Å². The lowest BCUT2D eigenvalue weighted by molar-refractivity contribution is -0.140. The molecule has 18 heteroatoms. The van der Waals surface area contributed by atoms with E-state index in [9.17, 15) is 52.8 Å². The highest BCUT2D eigenvalue weighted by Gasteiger charge is 2.41. The van der Waals surface area contributed by atoms with Gasteiger partial charge in [-0.3, -0.25) is 4.79 Å². The third-order valence-corrected chi connectivity index (χ3v) is 12.0. The first-order chi connectivity index (χ1) is 21.3. The van der Waals surface area contributed by atoms with Crippen molar-refractivity contribution >= 4 is 37.5 Å². The Hall–Kier alpha value is -3.67. The highest BCUT2D eigenvalue weighted by Crippen LogP contribution is 2.39. The summed E-state index contributed by atoms with van der Waals surface area (Å²) in [6, 6.07) is 2.65. The van der Waals surface area contributed by atoms with Gasteiger partial charge in [-0.05, 0) is 74.9 Å². The highest BCUT2D eigenvalue weighted by molar-refractivity contribution is 7.92. The van der Waals surface area contributed by atoms with Gasteiger partial charge in [-0.15, -0.1) is 0 Å². The number of nitrogens with two attached hydrogens (primary N) is 2. The molecule has 0 bridgehead atoms. The van der Waals surface area contributed by atoms with Crippen LogP contribution in [0, 0.1) is 0 Å². The highest BCUT2D eigenvalue weighted by atomic mass is 32.2. The van der Waals surface area contributed by atoms with Crippen LogP contribution in [0.4, 0.5) is 26.3 Å². The molecule has 5 N–H and O–H groups in total. The summed E-state index contributed by atoms with van der Waals surface area (Å²) in [6.45, 7) is 8.91. The Balaban J connectivity index is 0.000000474. The molecule has 2 unspecified atom stereocenters. The molecule has 0 aromatic heterocycles. The van der Waals surface area contributed by atoms with E-state index in [-0.39, 0.29) is 42.4 Å². The number of carbonyl (C=O) groups is 2. The van der Waals surface area contributed by atoms with Crippen LogP contribution in [0.15, 0.2) is 39.0 Å². The Bertz CT molecular complexity index is 1730. The van der Waals surface area contributed by atoms with E-state index >= 15 is 0 Å². The molecule has 0 spiro atoms. The number of benzene rings is 2. The molecule has 0 saturated heterocycles. The van der Waals surface area contributed by atoms with Gasteiger partial charge in [0.1, 0.15) is 0 Å². The smallest absolute Gasteiger partial charge is 0.417 e. The van der Waals surface area contributed by atoms with E-state index in [1.807, 2.05) is 0 Å². The number of carboxylic acids is 1. The number of guanidine groups is 1. The Labute approximate surface area is 269 Å². The van der Waals surface area contributed by atoms with Crippen LogP contribution in [0.2, 0.25) is 0 Å². The second-order valence-corrected chi connectivity index (χ2v) is 15.1. The molecule has 2 rings (SSSR count). The molecule has 264 valence electrons. The molecule has 1 amide bonds. The topological polar surface area (TPSA) is 187 Å². The van der Waals surface area contributed by atoms with Crippen LogP contribution in [0.25, 0.3) is 0 Å². The molecule has 0 aliphatic rings. The van der Waals surface area contributed by atoms with E-state index in [0.717, 1.165) is 12.1 Å². The van der Waals surface area contributed by atoms with E-state index in [1.165, 1.54) is 13.8 Å². The number of alkyl halides is 6. The average molecular weight is 718 g/mol. The Morgan fingerprint density at radius 3 is 1.34 bits per heavy atom. The van der Waals surface area contributed by atoms with Crippen molar-refractivity contribution in [3.8, 4) is 0 Å². The standard InChI is InChI=1S/C15H20F3N3O3S.C14H17F3O4S/c1-4-8(3)25(23,24)12-6-9(5-2)10(13(22)21-14(19)20)7-11(12)15(16,17)18;1-4-8(3)22(20,21)12-6-9(5-2)10(13(18)19)7-11(12)14(15,16)17/h6-8H,4-5H2,1-3H3,(H4,19,20,21,22);6-8H,4-5H2,1-3H3,(H,18,19). The summed E-state index contributed by atoms with van der Waals surface area (Å²) in [6.07, 6.45) is -9.37. The number of aliphatic imine (C=N–C) groups is 1. The molecule has 0 fully saturated rings. The molecule has 10 nitrogen and oxygen atoms in total. The molecule has 0 radical (unpaired) electrons. The average Bonchev–Trinajstić information content (AvgIpc) is 2.97. The van der Waals surface area contributed by atoms with Crippen molar-refractivity contribution in [3.05, 3.63) is 57.6 Å². The molecule has 2 aromatic carbocycles. The van der Waals surface area contributed by atoms with Crippen molar-refractivity contribution in [1.29, 1.82) is 0 Å². The molecular formula is C29H37F6N3O7S2. The number of sulfone groups is 2. The second kappa shape index (κ2) is 15.5. The van der Waals surface area contributed by atoms with Gasteiger partial charge in [0.25, 0.3) is 5.91 Å². The maximum absolute atomic E-state index is 13.4. The van der Waals surface area contributed by atoms with Crippen LogP contribution in [-0.4, -0.2) is 50.3 Å². The van der Waals surface area contributed by atoms with Crippen LogP contribution >= 0.6 is 0 Å². The summed E-state index contributed by atoms with van der Waals surface area (Å²) in [5, 5.41) is 7.03. The minimum atomic E-state index is -4.96. The fraction of sp³-hybridized carbons (Fsp3) is 0.483. The van der Waals surface area contributed by atoms with Crippen molar-refractivity contribution in [1.82, 2.24) is 0 Å². The molecule has 0 heterocycles. The summed E-state index contributed by atoms with van der Waals surface area (Å²) in [7, 11) is -8.41. The largest absolute Gasteiger partial charge is 0.478 e. The number of aromatic carboxylic acids is 1. The van der Waals surface area contributed by atoms with Gasteiger partial charge in [-0.2, -0.15) is 31.3 Å². The van der Waals surface area contributed by atoms with E-state index in [0.29, 0.717) is 12.1 Å². The summed E-state index contributed by atoms with van der Waals surface area (Å²) < 4.78 is 129. The number of nitrogens with zero attached hydrogens (tertiary/aromatic N) is 1. The van der Waals surface area contributed by atoms with Gasteiger partial charge in [0.2, 0.25) is 0 Å². The number of carboxylic acid groups (broad SMARTS) is 1. The first-order valence-corrected chi connectivity index (χ1v) is 17.2. The fourth-order valence-electron chi connectivity index (χ4n) is 4.19. The summed E-state index contributed by atoms with van der Waals surface area (Å²) in [4.78, 5) is 24.6. The van der Waals surface area contributed by atoms with Gasteiger partial charge in [0, 0.05) is 5.56 Å². The first-order valence-electron chi connectivity index (χ1n) is 14.2. The van der Waals surface area contributed by atoms with Crippen LogP contribution in [0.3, 0.4) is 0 Å². The normalized spacial score (nSPS) is 13.6. The zero-order valence-electron chi connectivity index (χ0n) is 26.4. The number of aryl methyl sites for hydroxylation is 2. The zero-order chi connectivity index (χ0) is 36.9. The number of carbonyl (C=O) groups excluding carboxylic acids is 1. The van der Waals surface area contributed by atoms with Crippen molar-refractivity contribution in [2.45, 2.75) is 99.9 Å². The van der Waals surface area contributed by atoms with Crippen LogP contribution < -0.4 is 11.5 Å². The molecular weight excluding hydrogens is 680 g/mol. The SMILES string of the molecule is CCc1cc(S(=O)(=O)C(C)CC)c(C(F)(F)F)cc1C(=O)N=C(N)N.CCc1cc(S(=O)(=O)C(C)CC)c(C(F)(F)F)cc1C(=O)O. The van der Waals surface area contributed by atoms with Crippen molar-refractivity contribution in [2.75, 3.05) is 0 Å². The zero-order valence-corrected chi connectivity index (χ0v) is 28.0. The molecule has 0 aliphatic carbocycles. The summed E-state index contributed by atoms with van der Waals surface area (Å²) in [5.41, 5.74) is 6.61. The lowest BCUT2D eigenvalue weighted by Crippen LogP contribution is -2.25. The molecule has 2 aromatic rings. The maximum atomic E-state index is 13.4. The molecule has 0 aliphatic heterocycles. The lowest BCUT2D eigenvalue weighted by Gasteiger charge is -2.19. The lowest BCUT2D eigenvalue weighted by atomic mass is 10.0. The van der Waals surface area contributed by atoms with Crippen LogP contribution in [0.5, 0.6) is 0 Å².